The summed E-state index contributed by atoms with van der Waals surface area (Å²) in [5.74, 6) is -0.704. The molecule has 0 saturated heterocycles. The quantitative estimate of drug-likeness (QED) is 0.490. The Morgan fingerprint density at radius 3 is 2.48 bits per heavy atom. The number of nitrogens with one attached hydrogen (secondary N) is 1. The smallest absolute Gasteiger partial charge is 0.321 e. The van der Waals surface area contributed by atoms with Gasteiger partial charge in [-0.2, -0.15) is 0 Å². The Hall–Kier alpha value is -2.08. The van der Waals surface area contributed by atoms with Gasteiger partial charge in [0.05, 0.1) is 13.0 Å². The van der Waals surface area contributed by atoms with Gasteiger partial charge < -0.3 is 19.7 Å². The number of amides is 2. The molecule has 0 bridgehead atoms. The van der Waals surface area contributed by atoms with Crippen molar-refractivity contribution < 1.29 is 19.1 Å². The van der Waals surface area contributed by atoms with Gasteiger partial charge in [-0.3, -0.25) is 4.79 Å². The molecule has 1 N–H and O–H groups in total. The first-order valence-electron chi connectivity index (χ1n) is 8.85. The van der Waals surface area contributed by atoms with Crippen molar-refractivity contribution in [1.82, 2.24) is 4.90 Å². The number of nitrogens with zero attached hydrogens (tertiary/aromatic N) is 1. The number of carbonyl (C=O) groups excluding carboxylic acids is 2. The molecule has 1 aromatic rings. The molecule has 6 heteroatoms. The maximum absolute atomic E-state index is 12.5. The second-order valence-corrected chi connectivity index (χ2v) is 5.99. The van der Waals surface area contributed by atoms with Gasteiger partial charge in [0, 0.05) is 32.0 Å². The van der Waals surface area contributed by atoms with E-state index in [0.717, 1.165) is 31.6 Å². The van der Waals surface area contributed by atoms with E-state index < -0.39 is 0 Å². The fourth-order valence-electron chi connectivity index (χ4n) is 2.31. The van der Waals surface area contributed by atoms with Gasteiger partial charge in [-0.05, 0) is 25.0 Å². The molecule has 0 aliphatic heterocycles. The van der Waals surface area contributed by atoms with Crippen LogP contribution in [0.2, 0.25) is 0 Å². The lowest BCUT2D eigenvalue weighted by Gasteiger charge is -2.25. The maximum atomic E-state index is 12.5. The van der Waals surface area contributed by atoms with Gasteiger partial charge in [0.25, 0.3) is 0 Å². The monoisotopic (exact) mass is 350 g/mol. The number of urea groups is 1. The fourth-order valence-corrected chi connectivity index (χ4v) is 2.31. The van der Waals surface area contributed by atoms with Crippen LogP contribution in [0.3, 0.4) is 0 Å². The van der Waals surface area contributed by atoms with Crippen LogP contribution in [0.25, 0.3) is 0 Å². The molecule has 0 aromatic heterocycles. The number of hydrogen-bond donors (Lipinski definition) is 1. The van der Waals surface area contributed by atoms with Crippen LogP contribution >= 0.6 is 0 Å². The number of methoxy groups -OCH3 is 1. The van der Waals surface area contributed by atoms with Gasteiger partial charge in [-0.25, -0.2) is 4.79 Å². The molecule has 1 unspecified atom stereocenters. The summed E-state index contributed by atoms with van der Waals surface area (Å²) in [6.45, 7) is 6.04. The fraction of sp³-hybridized carbons (Fsp3) is 0.579. The van der Waals surface area contributed by atoms with Crippen molar-refractivity contribution in [3.63, 3.8) is 0 Å². The molecule has 0 aliphatic carbocycles. The third kappa shape index (κ3) is 8.54. The second kappa shape index (κ2) is 12.3. The van der Waals surface area contributed by atoms with E-state index in [4.69, 9.17) is 9.47 Å². The number of unbranched alkanes of at least 4 members (excludes halogenated alkanes) is 1. The molecule has 1 rings (SSSR count). The van der Waals surface area contributed by atoms with Gasteiger partial charge in [0.1, 0.15) is 0 Å². The standard InChI is InChI=1S/C19H30N2O4/c1-4-5-13-25-14-9-12-21(15-16(2)18(22)24-3)19(23)20-17-10-7-6-8-11-17/h6-8,10-11,16H,4-5,9,12-15H2,1-3H3,(H,20,23). The van der Waals surface area contributed by atoms with E-state index >= 15 is 0 Å². The Balaban J connectivity index is 2.56. The third-order valence-electron chi connectivity index (χ3n) is 3.77. The van der Waals surface area contributed by atoms with Gasteiger partial charge in [0.2, 0.25) is 0 Å². The number of benzene rings is 1. The molecule has 0 saturated carbocycles. The topological polar surface area (TPSA) is 67.9 Å². The molecule has 0 spiro atoms. The molecule has 2 amide bonds. The highest BCUT2D eigenvalue weighted by molar-refractivity contribution is 5.89. The lowest BCUT2D eigenvalue weighted by Crippen LogP contribution is -2.40. The SMILES string of the molecule is CCCCOCCCN(CC(C)C(=O)OC)C(=O)Nc1ccccc1. The molecule has 140 valence electrons. The van der Waals surface area contributed by atoms with E-state index in [9.17, 15) is 9.59 Å². The minimum atomic E-state index is -0.382. The van der Waals surface area contributed by atoms with E-state index in [1.807, 2.05) is 30.3 Å². The Bertz CT molecular complexity index is 507. The van der Waals surface area contributed by atoms with Crippen LogP contribution in [0.5, 0.6) is 0 Å². The minimum Gasteiger partial charge on any atom is -0.469 e. The maximum Gasteiger partial charge on any atom is 0.321 e. The summed E-state index contributed by atoms with van der Waals surface area (Å²) >= 11 is 0. The summed E-state index contributed by atoms with van der Waals surface area (Å²) < 4.78 is 10.3. The van der Waals surface area contributed by atoms with Gasteiger partial charge in [-0.1, -0.05) is 38.5 Å². The van der Waals surface area contributed by atoms with Crippen LogP contribution in [0.1, 0.15) is 33.1 Å². The summed E-state index contributed by atoms with van der Waals surface area (Å²) in [6.07, 6.45) is 2.86. The number of anilines is 1. The van der Waals surface area contributed by atoms with Crippen LogP contribution in [-0.4, -0.2) is 50.3 Å². The highest BCUT2D eigenvalue weighted by Crippen LogP contribution is 2.10. The Kier molecular flexibility index (Phi) is 10.3. The zero-order chi connectivity index (χ0) is 18.5. The number of hydrogen-bond acceptors (Lipinski definition) is 4. The first kappa shape index (κ1) is 21.0. The van der Waals surface area contributed by atoms with E-state index in [1.54, 1.807) is 11.8 Å². The molecule has 25 heavy (non-hydrogen) atoms. The summed E-state index contributed by atoms with van der Waals surface area (Å²) in [4.78, 5) is 25.9. The highest BCUT2D eigenvalue weighted by atomic mass is 16.5. The third-order valence-corrected chi connectivity index (χ3v) is 3.77. The number of carbonyl (C=O) groups is 2. The van der Waals surface area contributed by atoms with Crippen LogP contribution in [-0.2, 0) is 14.3 Å². The normalized spacial score (nSPS) is 11.6. The summed E-state index contributed by atoms with van der Waals surface area (Å²) in [7, 11) is 1.36. The van der Waals surface area contributed by atoms with Gasteiger partial charge >= 0.3 is 12.0 Å². The number of para-hydroxylation sites is 1. The van der Waals surface area contributed by atoms with Gasteiger partial charge in [0.15, 0.2) is 0 Å². The molecule has 0 aliphatic rings. The van der Waals surface area contributed by atoms with E-state index in [0.29, 0.717) is 19.7 Å². The van der Waals surface area contributed by atoms with Crippen molar-refractivity contribution in [3.05, 3.63) is 30.3 Å². The van der Waals surface area contributed by atoms with Crippen LogP contribution in [0, 0.1) is 5.92 Å². The van der Waals surface area contributed by atoms with Crippen LogP contribution < -0.4 is 5.32 Å². The lowest BCUT2D eigenvalue weighted by molar-refractivity contribution is -0.145. The predicted molar refractivity (Wildman–Crippen MR) is 98.6 cm³/mol. The van der Waals surface area contributed by atoms with Crippen LogP contribution in [0.4, 0.5) is 10.5 Å². The van der Waals surface area contributed by atoms with Crippen molar-refractivity contribution >= 4 is 17.7 Å². The predicted octanol–water partition coefficient (Wildman–Crippen LogP) is 3.54. The molecular formula is C19H30N2O4. The average Bonchev–Trinajstić information content (AvgIpc) is 2.63. The van der Waals surface area contributed by atoms with Crippen molar-refractivity contribution in [3.8, 4) is 0 Å². The molecule has 0 heterocycles. The highest BCUT2D eigenvalue weighted by Gasteiger charge is 2.21. The minimum absolute atomic E-state index is 0.226. The average molecular weight is 350 g/mol. The zero-order valence-corrected chi connectivity index (χ0v) is 15.5. The number of ether oxygens (including phenoxy) is 2. The second-order valence-electron chi connectivity index (χ2n) is 5.99. The van der Waals surface area contributed by atoms with E-state index in [2.05, 4.69) is 12.2 Å². The van der Waals surface area contributed by atoms with Crippen molar-refractivity contribution in [2.45, 2.75) is 33.1 Å². The van der Waals surface area contributed by atoms with Crippen molar-refractivity contribution in [1.29, 1.82) is 0 Å². The number of rotatable bonds is 11. The molecule has 1 aromatic carbocycles. The van der Waals surface area contributed by atoms with E-state index in [1.165, 1.54) is 7.11 Å². The molecule has 6 nitrogen and oxygen atoms in total. The Morgan fingerprint density at radius 2 is 1.84 bits per heavy atom. The Labute approximate surface area is 150 Å². The van der Waals surface area contributed by atoms with E-state index in [-0.39, 0.29) is 17.9 Å². The van der Waals surface area contributed by atoms with Crippen molar-refractivity contribution in [2.75, 3.05) is 38.7 Å². The van der Waals surface area contributed by atoms with Crippen molar-refractivity contribution in [2.24, 2.45) is 5.92 Å². The summed E-state index contributed by atoms with van der Waals surface area (Å²) in [5, 5.41) is 2.86. The molecular weight excluding hydrogens is 320 g/mol. The zero-order valence-electron chi connectivity index (χ0n) is 15.5. The first-order valence-corrected chi connectivity index (χ1v) is 8.85. The largest absolute Gasteiger partial charge is 0.469 e. The van der Waals surface area contributed by atoms with Crippen LogP contribution in [0.15, 0.2) is 30.3 Å². The first-order chi connectivity index (χ1) is 12.1. The lowest BCUT2D eigenvalue weighted by atomic mass is 10.1. The number of esters is 1. The van der Waals surface area contributed by atoms with Gasteiger partial charge in [-0.15, -0.1) is 0 Å². The Morgan fingerprint density at radius 1 is 1.16 bits per heavy atom. The summed E-state index contributed by atoms with van der Waals surface area (Å²) in [5.41, 5.74) is 0.724. The molecule has 1 atom stereocenters. The summed E-state index contributed by atoms with van der Waals surface area (Å²) in [6, 6.07) is 9.04. The molecule has 0 radical (unpaired) electrons. The molecule has 0 fully saturated rings.